The van der Waals surface area contributed by atoms with E-state index < -0.39 is 0 Å². The van der Waals surface area contributed by atoms with Crippen molar-refractivity contribution in [2.45, 2.75) is 0 Å². The van der Waals surface area contributed by atoms with Gasteiger partial charge in [-0.3, -0.25) is 4.98 Å². The number of aromatic nitrogens is 4. The number of benzene rings is 2. The molecular weight excluding hydrogens is 392 g/mol. The molecule has 0 saturated heterocycles. The van der Waals surface area contributed by atoms with Crippen LogP contribution in [-0.2, 0) is 0 Å². The van der Waals surface area contributed by atoms with Crippen molar-refractivity contribution in [1.82, 2.24) is 19.7 Å². The van der Waals surface area contributed by atoms with Gasteiger partial charge in [-0.25, -0.2) is 9.67 Å². The summed E-state index contributed by atoms with van der Waals surface area (Å²) in [6, 6.07) is 23.8. The largest absolute Gasteiger partial charge is 0.264 e. The first-order valence-corrected chi connectivity index (χ1v) is 9.94. The van der Waals surface area contributed by atoms with Crippen molar-refractivity contribution in [2.24, 2.45) is 0 Å². The Kier molecular flexibility index (Phi) is 4.83. The van der Waals surface area contributed by atoms with Crippen molar-refractivity contribution in [3.8, 4) is 16.9 Å². The number of halogens is 1. The first kappa shape index (κ1) is 18.3. The normalized spacial score (nSPS) is 11.4. The van der Waals surface area contributed by atoms with Crippen molar-refractivity contribution in [3.63, 3.8) is 0 Å². The van der Waals surface area contributed by atoms with Crippen LogP contribution >= 0.6 is 11.6 Å². The van der Waals surface area contributed by atoms with Crippen LogP contribution in [0.2, 0.25) is 5.02 Å². The third-order valence-electron chi connectivity index (χ3n) is 4.81. The summed E-state index contributed by atoms with van der Waals surface area (Å²) in [6.45, 7) is 0. The zero-order chi connectivity index (χ0) is 20.3. The lowest BCUT2D eigenvalue weighted by Crippen LogP contribution is -1.94. The Morgan fingerprint density at radius 1 is 0.867 bits per heavy atom. The van der Waals surface area contributed by atoms with Gasteiger partial charge in [0.1, 0.15) is 5.69 Å². The second kappa shape index (κ2) is 7.93. The molecule has 0 aliphatic carbocycles. The van der Waals surface area contributed by atoms with Crippen LogP contribution < -0.4 is 0 Å². The van der Waals surface area contributed by atoms with Crippen LogP contribution in [0.5, 0.6) is 0 Å². The highest BCUT2D eigenvalue weighted by molar-refractivity contribution is 6.31. The van der Waals surface area contributed by atoms with E-state index in [4.69, 9.17) is 21.7 Å². The molecule has 5 heteroatoms. The summed E-state index contributed by atoms with van der Waals surface area (Å²) in [5.41, 5.74) is 5.55. The van der Waals surface area contributed by atoms with Crippen LogP contribution in [0.15, 0.2) is 91.4 Å². The highest BCUT2D eigenvalue weighted by Crippen LogP contribution is 2.25. The van der Waals surface area contributed by atoms with Gasteiger partial charge in [0.05, 0.1) is 16.9 Å². The molecular formula is C25H17ClN4. The van der Waals surface area contributed by atoms with Crippen LogP contribution in [-0.4, -0.2) is 19.7 Å². The minimum Gasteiger partial charge on any atom is -0.264 e. The Bertz CT molecular complexity index is 1340. The summed E-state index contributed by atoms with van der Waals surface area (Å²) in [4.78, 5) is 8.95. The summed E-state index contributed by atoms with van der Waals surface area (Å²) >= 11 is 6.12. The molecule has 0 bridgehead atoms. The maximum atomic E-state index is 6.12. The molecule has 0 aliphatic rings. The zero-order valence-corrected chi connectivity index (χ0v) is 16.7. The number of hydrogen-bond donors (Lipinski definition) is 0. The molecule has 0 radical (unpaired) electrons. The second-order valence-corrected chi connectivity index (χ2v) is 7.30. The molecule has 0 spiro atoms. The molecule has 2 aromatic carbocycles. The minimum atomic E-state index is 0.680. The van der Waals surface area contributed by atoms with Gasteiger partial charge < -0.3 is 0 Å². The van der Waals surface area contributed by atoms with E-state index in [1.807, 2.05) is 102 Å². The van der Waals surface area contributed by atoms with Gasteiger partial charge in [-0.15, -0.1) is 0 Å². The lowest BCUT2D eigenvalue weighted by Gasteiger charge is -2.00. The Morgan fingerprint density at radius 2 is 1.73 bits per heavy atom. The highest BCUT2D eigenvalue weighted by Gasteiger charge is 2.10. The van der Waals surface area contributed by atoms with E-state index in [1.54, 1.807) is 6.20 Å². The van der Waals surface area contributed by atoms with Crippen molar-refractivity contribution in [3.05, 3.63) is 108 Å². The van der Waals surface area contributed by atoms with E-state index in [0.29, 0.717) is 5.02 Å². The topological polar surface area (TPSA) is 43.6 Å². The van der Waals surface area contributed by atoms with Gasteiger partial charge in [-0.05, 0) is 54.6 Å². The monoisotopic (exact) mass is 408 g/mol. The zero-order valence-electron chi connectivity index (χ0n) is 16.0. The first-order valence-electron chi connectivity index (χ1n) is 9.56. The van der Waals surface area contributed by atoms with Gasteiger partial charge in [-0.2, -0.15) is 5.10 Å². The van der Waals surface area contributed by atoms with Crippen molar-refractivity contribution >= 4 is 34.7 Å². The van der Waals surface area contributed by atoms with Gasteiger partial charge in [0.15, 0.2) is 0 Å². The third kappa shape index (κ3) is 3.73. The summed E-state index contributed by atoms with van der Waals surface area (Å²) in [6.07, 6.45) is 9.63. The Labute approximate surface area is 179 Å². The molecule has 30 heavy (non-hydrogen) atoms. The van der Waals surface area contributed by atoms with Gasteiger partial charge in [-0.1, -0.05) is 41.9 Å². The number of fused-ring (bicyclic) bond motifs is 1. The molecule has 144 valence electrons. The minimum absolute atomic E-state index is 0.680. The van der Waals surface area contributed by atoms with Gasteiger partial charge >= 0.3 is 0 Å². The molecule has 3 heterocycles. The smallest absolute Gasteiger partial charge is 0.101 e. The molecule has 5 rings (SSSR count). The molecule has 0 amide bonds. The van der Waals surface area contributed by atoms with Crippen LogP contribution in [0, 0.1) is 0 Å². The third-order valence-corrected chi connectivity index (χ3v) is 5.04. The maximum Gasteiger partial charge on any atom is 0.101 e. The highest BCUT2D eigenvalue weighted by atomic mass is 35.5. The molecule has 0 unspecified atom stereocenters. The SMILES string of the molecule is Clc1ccc2ccc(/C=C/c3cn(-c4ccccc4)nc3-c3cccnc3)nc2c1. The van der Waals surface area contributed by atoms with E-state index in [9.17, 15) is 0 Å². The fourth-order valence-electron chi connectivity index (χ4n) is 3.32. The van der Waals surface area contributed by atoms with Crippen molar-refractivity contribution < 1.29 is 0 Å². The van der Waals surface area contributed by atoms with Crippen molar-refractivity contribution in [1.29, 1.82) is 0 Å². The van der Waals surface area contributed by atoms with Gasteiger partial charge in [0, 0.05) is 40.1 Å². The van der Waals surface area contributed by atoms with Crippen LogP contribution in [0.3, 0.4) is 0 Å². The van der Waals surface area contributed by atoms with Crippen LogP contribution in [0.4, 0.5) is 0 Å². The molecule has 0 fully saturated rings. The molecule has 0 saturated carbocycles. The average Bonchev–Trinajstić information content (AvgIpc) is 3.23. The molecule has 0 aliphatic heterocycles. The fourth-order valence-corrected chi connectivity index (χ4v) is 3.49. The van der Waals surface area contributed by atoms with Crippen molar-refractivity contribution in [2.75, 3.05) is 0 Å². The maximum absolute atomic E-state index is 6.12. The van der Waals surface area contributed by atoms with Crippen LogP contribution in [0.1, 0.15) is 11.3 Å². The Balaban J connectivity index is 1.57. The van der Waals surface area contributed by atoms with E-state index in [1.165, 1.54) is 0 Å². The molecule has 5 aromatic rings. The van der Waals surface area contributed by atoms with Crippen LogP contribution in [0.25, 0.3) is 40.0 Å². The number of para-hydroxylation sites is 1. The lowest BCUT2D eigenvalue weighted by atomic mass is 10.1. The molecule has 0 atom stereocenters. The number of rotatable bonds is 4. The number of pyridine rings is 2. The summed E-state index contributed by atoms with van der Waals surface area (Å²) in [5.74, 6) is 0. The Morgan fingerprint density at radius 3 is 2.57 bits per heavy atom. The number of nitrogens with zero attached hydrogens (tertiary/aromatic N) is 4. The predicted molar refractivity (Wildman–Crippen MR) is 122 cm³/mol. The summed E-state index contributed by atoms with van der Waals surface area (Å²) < 4.78 is 1.88. The Hall–Kier alpha value is -3.76. The van der Waals surface area contributed by atoms with E-state index in [0.717, 1.165) is 39.1 Å². The summed E-state index contributed by atoms with van der Waals surface area (Å²) in [7, 11) is 0. The molecule has 4 nitrogen and oxygen atoms in total. The van der Waals surface area contributed by atoms with Gasteiger partial charge in [0.2, 0.25) is 0 Å². The predicted octanol–water partition coefficient (Wildman–Crippen LogP) is 6.31. The first-order chi connectivity index (χ1) is 14.8. The average molecular weight is 409 g/mol. The lowest BCUT2D eigenvalue weighted by molar-refractivity contribution is 0.884. The van der Waals surface area contributed by atoms with Gasteiger partial charge in [0.25, 0.3) is 0 Å². The standard InChI is InChI=1S/C25H17ClN4/c26-21-11-8-18-9-12-22(28-24(18)15-21)13-10-20-17-30(23-6-2-1-3-7-23)29-25(20)19-5-4-14-27-16-19/h1-17H/b13-10+. The summed E-state index contributed by atoms with van der Waals surface area (Å²) in [5, 5.41) is 6.55. The number of hydrogen-bond acceptors (Lipinski definition) is 3. The van der Waals surface area contributed by atoms with E-state index in [-0.39, 0.29) is 0 Å². The quantitative estimate of drug-likeness (QED) is 0.350. The van der Waals surface area contributed by atoms with E-state index >= 15 is 0 Å². The molecule has 3 aromatic heterocycles. The van der Waals surface area contributed by atoms with E-state index in [2.05, 4.69) is 4.98 Å². The fraction of sp³-hybridized carbons (Fsp3) is 0. The molecule has 0 N–H and O–H groups in total. The second-order valence-electron chi connectivity index (χ2n) is 6.86.